The van der Waals surface area contributed by atoms with Crippen LogP contribution in [0.5, 0.6) is 0 Å². The summed E-state index contributed by atoms with van der Waals surface area (Å²) in [7, 11) is 0. The molecular formula is C19H24INO. The van der Waals surface area contributed by atoms with Gasteiger partial charge in [-0.3, -0.25) is 0 Å². The lowest BCUT2D eigenvalue weighted by atomic mass is 9.64. The highest BCUT2D eigenvalue weighted by molar-refractivity contribution is 14.1. The number of fused-ring (bicyclic) bond motifs is 3. The van der Waals surface area contributed by atoms with Crippen LogP contribution in [0, 0.1) is 27.2 Å². The molecule has 2 aliphatic carbocycles. The quantitative estimate of drug-likeness (QED) is 0.601. The maximum atomic E-state index is 6.65. The van der Waals surface area contributed by atoms with Gasteiger partial charge in [-0.15, -0.1) is 0 Å². The zero-order valence-electron chi connectivity index (χ0n) is 13.9. The smallest absolute Gasteiger partial charge is 0.217 e. The minimum Gasteiger partial charge on any atom is -0.468 e. The largest absolute Gasteiger partial charge is 0.468 e. The molecule has 1 heterocycles. The molecule has 2 fully saturated rings. The highest BCUT2D eigenvalue weighted by Crippen LogP contribution is 2.71. The van der Waals surface area contributed by atoms with Crippen LogP contribution in [0.15, 0.2) is 23.2 Å². The number of ether oxygens (including phenoxy) is 1. The van der Waals surface area contributed by atoms with Gasteiger partial charge in [0.05, 0.1) is 6.54 Å². The van der Waals surface area contributed by atoms with Gasteiger partial charge < -0.3 is 4.74 Å². The lowest BCUT2D eigenvalue weighted by molar-refractivity contribution is -0.0559. The first-order chi connectivity index (χ1) is 10.3. The van der Waals surface area contributed by atoms with Gasteiger partial charge in [-0.2, -0.15) is 0 Å². The Balaban J connectivity index is 1.70. The van der Waals surface area contributed by atoms with Crippen molar-refractivity contribution in [2.45, 2.75) is 52.6 Å². The van der Waals surface area contributed by atoms with Crippen LogP contribution in [0.25, 0.3) is 0 Å². The van der Waals surface area contributed by atoms with Crippen molar-refractivity contribution in [3.05, 3.63) is 32.9 Å². The van der Waals surface area contributed by atoms with Gasteiger partial charge in [0.15, 0.2) is 0 Å². The zero-order chi connectivity index (χ0) is 15.8. The Morgan fingerprint density at radius 1 is 1.27 bits per heavy atom. The molecule has 1 aromatic carbocycles. The summed E-state index contributed by atoms with van der Waals surface area (Å²) in [6.45, 7) is 10.3. The molecule has 0 saturated heterocycles. The van der Waals surface area contributed by atoms with Gasteiger partial charge in [-0.05, 0) is 71.7 Å². The van der Waals surface area contributed by atoms with Gasteiger partial charge in [0, 0.05) is 14.5 Å². The van der Waals surface area contributed by atoms with E-state index in [1.54, 1.807) is 0 Å². The number of rotatable bonds is 1. The predicted molar refractivity (Wildman–Crippen MR) is 98.3 cm³/mol. The molecule has 3 atom stereocenters. The maximum Gasteiger partial charge on any atom is 0.217 e. The first-order valence-corrected chi connectivity index (χ1v) is 9.38. The van der Waals surface area contributed by atoms with Crippen molar-refractivity contribution in [3.63, 3.8) is 0 Å². The average molecular weight is 409 g/mol. The fourth-order valence-electron chi connectivity index (χ4n) is 5.19. The molecule has 2 saturated carbocycles. The molecule has 0 aromatic heterocycles. The molecule has 1 spiro atoms. The molecule has 22 heavy (non-hydrogen) atoms. The molecule has 1 aromatic rings. The second-order valence-electron chi connectivity index (χ2n) is 8.15. The van der Waals surface area contributed by atoms with E-state index in [9.17, 15) is 0 Å². The normalized spacial score (nSPS) is 38.4. The fraction of sp³-hybridized carbons (Fsp3) is 0.632. The second kappa shape index (κ2) is 4.49. The highest BCUT2D eigenvalue weighted by atomic mass is 127. The predicted octanol–water partition coefficient (Wildman–Crippen LogP) is 4.96. The Bertz CT molecular complexity index is 680. The molecule has 3 heteroatoms. The molecule has 0 N–H and O–H groups in total. The molecule has 0 radical (unpaired) electrons. The number of halogens is 1. The van der Waals surface area contributed by atoms with Crippen LogP contribution in [-0.2, 0) is 4.74 Å². The Kier molecular flexibility index (Phi) is 3.06. The van der Waals surface area contributed by atoms with Gasteiger partial charge in [0.1, 0.15) is 5.60 Å². The van der Waals surface area contributed by atoms with E-state index in [1.165, 1.54) is 34.0 Å². The lowest BCUT2D eigenvalue weighted by Gasteiger charge is -2.45. The van der Waals surface area contributed by atoms with Gasteiger partial charge in [-0.25, -0.2) is 4.99 Å². The standard InChI is InChI=1S/C19H24INO/c1-12-6-5-7-14(15(12)20)16-21-11-19(22-16)10-13-8-9-18(19,4)17(13,2)3/h5-7,13H,8-11H2,1-4H3/t13?,18?,19-/m0/s1. The summed E-state index contributed by atoms with van der Waals surface area (Å²) >= 11 is 2.42. The van der Waals surface area contributed by atoms with Gasteiger partial charge in [0.2, 0.25) is 5.90 Å². The highest BCUT2D eigenvalue weighted by Gasteiger charge is 2.71. The SMILES string of the molecule is Cc1cccc(C2=NC[C@]3(CC4CCC3(C)C4(C)C)O2)c1I. The minimum atomic E-state index is -0.0679. The van der Waals surface area contributed by atoms with E-state index in [0.29, 0.717) is 5.41 Å². The summed E-state index contributed by atoms with van der Waals surface area (Å²) in [5.74, 6) is 1.65. The van der Waals surface area contributed by atoms with E-state index in [4.69, 9.17) is 9.73 Å². The number of aliphatic imine (C=N–C) groups is 1. The van der Waals surface area contributed by atoms with Crippen molar-refractivity contribution in [1.29, 1.82) is 0 Å². The molecule has 2 nitrogen and oxygen atoms in total. The van der Waals surface area contributed by atoms with Crippen molar-refractivity contribution in [1.82, 2.24) is 0 Å². The van der Waals surface area contributed by atoms with Crippen molar-refractivity contribution in [3.8, 4) is 0 Å². The van der Waals surface area contributed by atoms with Crippen LogP contribution in [0.2, 0.25) is 0 Å². The number of hydrogen-bond donors (Lipinski definition) is 0. The van der Waals surface area contributed by atoms with Crippen LogP contribution in [-0.4, -0.2) is 18.0 Å². The second-order valence-corrected chi connectivity index (χ2v) is 9.23. The van der Waals surface area contributed by atoms with Crippen LogP contribution < -0.4 is 0 Å². The molecule has 4 rings (SSSR count). The first kappa shape index (κ1) is 15.0. The van der Waals surface area contributed by atoms with E-state index in [2.05, 4.69) is 68.5 Å². The third-order valence-corrected chi connectivity index (χ3v) is 8.64. The summed E-state index contributed by atoms with van der Waals surface area (Å²) in [4.78, 5) is 4.86. The molecule has 118 valence electrons. The molecule has 3 aliphatic rings. The topological polar surface area (TPSA) is 21.6 Å². The summed E-state index contributed by atoms with van der Waals surface area (Å²) < 4.78 is 7.92. The Morgan fingerprint density at radius 2 is 2.05 bits per heavy atom. The lowest BCUT2D eigenvalue weighted by Crippen LogP contribution is -2.49. The zero-order valence-corrected chi connectivity index (χ0v) is 16.0. The third kappa shape index (κ3) is 1.64. The Hall–Kier alpha value is -0.580. The number of nitrogens with zero attached hydrogens (tertiary/aromatic N) is 1. The number of benzene rings is 1. The summed E-state index contributed by atoms with van der Waals surface area (Å²) in [6, 6.07) is 6.40. The van der Waals surface area contributed by atoms with Crippen LogP contribution >= 0.6 is 22.6 Å². The molecule has 2 bridgehead atoms. The summed E-state index contributed by atoms with van der Waals surface area (Å²) in [5.41, 5.74) is 3.00. The van der Waals surface area contributed by atoms with Crippen molar-refractivity contribution in [2.24, 2.45) is 21.7 Å². The van der Waals surface area contributed by atoms with E-state index in [0.717, 1.165) is 18.4 Å². The van der Waals surface area contributed by atoms with Gasteiger partial charge in [0.25, 0.3) is 0 Å². The summed E-state index contributed by atoms with van der Waals surface area (Å²) in [5, 5.41) is 0. The van der Waals surface area contributed by atoms with Gasteiger partial charge >= 0.3 is 0 Å². The maximum absolute atomic E-state index is 6.65. The third-order valence-electron chi connectivity index (χ3n) is 7.21. The van der Waals surface area contributed by atoms with E-state index >= 15 is 0 Å². The Morgan fingerprint density at radius 3 is 2.68 bits per heavy atom. The molecule has 1 aliphatic heterocycles. The molecular weight excluding hydrogens is 385 g/mol. The van der Waals surface area contributed by atoms with Crippen LogP contribution in [0.1, 0.15) is 51.2 Å². The van der Waals surface area contributed by atoms with Gasteiger partial charge in [-0.1, -0.05) is 32.9 Å². The molecule has 2 unspecified atom stereocenters. The number of aryl methyl sites for hydroxylation is 1. The number of hydrogen-bond acceptors (Lipinski definition) is 2. The Labute approximate surface area is 146 Å². The van der Waals surface area contributed by atoms with Crippen LogP contribution in [0.4, 0.5) is 0 Å². The molecule has 0 amide bonds. The van der Waals surface area contributed by atoms with E-state index in [-0.39, 0.29) is 11.0 Å². The van der Waals surface area contributed by atoms with Crippen molar-refractivity contribution < 1.29 is 4.74 Å². The first-order valence-electron chi connectivity index (χ1n) is 8.30. The minimum absolute atomic E-state index is 0.0679. The fourth-order valence-corrected chi connectivity index (χ4v) is 5.78. The monoisotopic (exact) mass is 409 g/mol. The van der Waals surface area contributed by atoms with E-state index in [1.807, 2.05) is 0 Å². The summed E-state index contributed by atoms with van der Waals surface area (Å²) in [6.07, 6.45) is 3.80. The van der Waals surface area contributed by atoms with E-state index < -0.39 is 0 Å². The van der Waals surface area contributed by atoms with Crippen molar-refractivity contribution >= 4 is 28.5 Å². The van der Waals surface area contributed by atoms with Crippen LogP contribution in [0.3, 0.4) is 0 Å². The average Bonchev–Trinajstić information content (AvgIpc) is 3.03. The van der Waals surface area contributed by atoms with Crippen molar-refractivity contribution in [2.75, 3.05) is 6.54 Å².